The highest BCUT2D eigenvalue weighted by Gasteiger charge is 2.25. The van der Waals surface area contributed by atoms with Crippen LogP contribution in [0.1, 0.15) is 18.1 Å². The molecule has 0 saturated heterocycles. The highest BCUT2D eigenvalue weighted by molar-refractivity contribution is 6.03. The summed E-state index contributed by atoms with van der Waals surface area (Å²) in [4.78, 5) is 33.5. The number of carbonyl (C=O) groups is 2. The minimum absolute atomic E-state index is 0.239. The number of rotatable bonds is 5. The van der Waals surface area contributed by atoms with Gasteiger partial charge in [0, 0.05) is 30.9 Å². The summed E-state index contributed by atoms with van der Waals surface area (Å²) in [6.45, 7) is 1.33. The molecule has 158 valence electrons. The number of alkyl halides is 1. The number of carbonyl (C=O) groups excluding carboxylic acids is 2. The first-order valence-corrected chi connectivity index (χ1v) is 9.65. The van der Waals surface area contributed by atoms with Gasteiger partial charge in [-0.2, -0.15) is 0 Å². The van der Waals surface area contributed by atoms with Crippen LogP contribution in [0.4, 0.5) is 26.4 Å². The van der Waals surface area contributed by atoms with Crippen LogP contribution in [0.25, 0.3) is 0 Å². The number of benzene rings is 2. The quantitative estimate of drug-likeness (QED) is 0.641. The third kappa shape index (κ3) is 4.77. The number of aromatic nitrogens is 2. The van der Waals surface area contributed by atoms with Crippen molar-refractivity contribution in [3.63, 3.8) is 0 Å². The van der Waals surface area contributed by atoms with Crippen LogP contribution in [0.5, 0.6) is 11.6 Å². The van der Waals surface area contributed by atoms with E-state index in [-0.39, 0.29) is 11.9 Å². The maximum absolute atomic E-state index is 12.9. The molecule has 4 rings (SSSR count). The lowest BCUT2D eigenvalue weighted by Crippen LogP contribution is -2.33. The summed E-state index contributed by atoms with van der Waals surface area (Å²) in [5, 5.41) is 5.39. The van der Waals surface area contributed by atoms with E-state index in [1.54, 1.807) is 35.2 Å². The first-order valence-electron chi connectivity index (χ1n) is 9.65. The van der Waals surface area contributed by atoms with Crippen LogP contribution in [-0.4, -0.2) is 28.5 Å². The van der Waals surface area contributed by atoms with Gasteiger partial charge < -0.3 is 15.4 Å². The van der Waals surface area contributed by atoms with Crippen molar-refractivity contribution < 1.29 is 18.7 Å². The van der Waals surface area contributed by atoms with Crippen LogP contribution in [0.3, 0.4) is 0 Å². The normalized spacial score (nSPS) is 12.3. The fraction of sp³-hybridized carbons (Fsp3) is 0.182. The monoisotopic (exact) mass is 421 g/mol. The minimum Gasteiger partial charge on any atom is -0.439 e. The van der Waals surface area contributed by atoms with Crippen molar-refractivity contribution in [2.24, 2.45) is 0 Å². The highest BCUT2D eigenvalue weighted by atomic mass is 19.1. The largest absolute Gasteiger partial charge is 0.439 e. The van der Waals surface area contributed by atoms with Gasteiger partial charge in [0.05, 0.1) is 0 Å². The topological polar surface area (TPSA) is 96.5 Å². The van der Waals surface area contributed by atoms with Crippen molar-refractivity contribution >= 4 is 29.1 Å². The smallest absolute Gasteiger partial charge is 0.326 e. The van der Waals surface area contributed by atoms with E-state index in [0.717, 1.165) is 11.3 Å². The number of ether oxygens (including phenoxy) is 1. The number of nitrogens with zero attached hydrogens (tertiary/aromatic N) is 3. The SMILES string of the molecule is CC(=O)Nc1cc(Oc2ccc3c(c2)CCN3C(=O)Nc2cccc(CF)c2)ncn1. The van der Waals surface area contributed by atoms with Crippen LogP contribution < -0.4 is 20.3 Å². The van der Waals surface area contributed by atoms with Crippen molar-refractivity contribution in [1.29, 1.82) is 0 Å². The average molecular weight is 421 g/mol. The Morgan fingerprint density at radius 1 is 1.13 bits per heavy atom. The summed E-state index contributed by atoms with van der Waals surface area (Å²) in [6.07, 6.45) is 1.98. The van der Waals surface area contributed by atoms with Crippen LogP contribution in [0, 0.1) is 0 Å². The number of hydrogen-bond donors (Lipinski definition) is 2. The van der Waals surface area contributed by atoms with Crippen molar-refractivity contribution in [2.75, 3.05) is 22.1 Å². The number of nitrogens with one attached hydrogen (secondary N) is 2. The summed E-state index contributed by atoms with van der Waals surface area (Å²) in [6, 6.07) is 13.4. The molecule has 9 heteroatoms. The van der Waals surface area contributed by atoms with Crippen molar-refractivity contribution in [1.82, 2.24) is 9.97 Å². The molecule has 0 saturated carbocycles. The summed E-state index contributed by atoms with van der Waals surface area (Å²) < 4.78 is 18.6. The molecule has 0 unspecified atom stereocenters. The molecule has 2 aromatic carbocycles. The molecule has 1 aliphatic heterocycles. The van der Waals surface area contributed by atoms with E-state index >= 15 is 0 Å². The molecule has 1 aliphatic rings. The highest BCUT2D eigenvalue weighted by Crippen LogP contribution is 2.33. The Labute approximate surface area is 178 Å². The zero-order valence-electron chi connectivity index (χ0n) is 16.8. The predicted octanol–water partition coefficient (Wildman–Crippen LogP) is 4.29. The number of fused-ring (bicyclic) bond motifs is 1. The molecular weight excluding hydrogens is 401 g/mol. The van der Waals surface area contributed by atoms with E-state index in [2.05, 4.69) is 20.6 Å². The lowest BCUT2D eigenvalue weighted by atomic mass is 10.1. The Bertz CT molecular complexity index is 1140. The summed E-state index contributed by atoms with van der Waals surface area (Å²) in [5.41, 5.74) is 2.80. The average Bonchev–Trinajstić information content (AvgIpc) is 3.17. The standard InChI is InChI=1S/C22H20FN5O3/c1-14(29)26-20-11-21(25-13-24-20)31-18-5-6-19-16(10-18)7-8-28(19)22(30)27-17-4-2-3-15(9-17)12-23/h2-6,9-11,13H,7-8,12H2,1H3,(H,27,30)(H,24,25,26,29). The molecule has 0 fully saturated rings. The Morgan fingerprint density at radius 2 is 2.00 bits per heavy atom. The van der Waals surface area contributed by atoms with Gasteiger partial charge in [0.2, 0.25) is 11.8 Å². The van der Waals surface area contributed by atoms with E-state index in [0.29, 0.717) is 41.7 Å². The van der Waals surface area contributed by atoms with Gasteiger partial charge in [-0.05, 0) is 47.9 Å². The Kier molecular flexibility index (Phi) is 5.74. The number of hydrogen-bond acceptors (Lipinski definition) is 5. The van der Waals surface area contributed by atoms with E-state index in [1.807, 2.05) is 12.1 Å². The minimum atomic E-state index is -0.586. The first-order chi connectivity index (χ1) is 15.0. The van der Waals surface area contributed by atoms with Gasteiger partial charge in [0.15, 0.2) is 0 Å². The molecular formula is C22H20FN5O3. The molecule has 0 atom stereocenters. The molecule has 0 aliphatic carbocycles. The van der Waals surface area contributed by atoms with Crippen LogP contribution in [-0.2, 0) is 17.9 Å². The fourth-order valence-corrected chi connectivity index (χ4v) is 3.34. The van der Waals surface area contributed by atoms with E-state index < -0.39 is 6.67 Å². The van der Waals surface area contributed by atoms with Gasteiger partial charge in [-0.1, -0.05) is 12.1 Å². The van der Waals surface area contributed by atoms with Gasteiger partial charge in [-0.3, -0.25) is 9.69 Å². The van der Waals surface area contributed by atoms with Crippen LogP contribution in [0.15, 0.2) is 54.9 Å². The molecule has 31 heavy (non-hydrogen) atoms. The van der Waals surface area contributed by atoms with Gasteiger partial charge in [-0.25, -0.2) is 19.2 Å². The van der Waals surface area contributed by atoms with Crippen molar-refractivity contribution in [3.05, 3.63) is 66.0 Å². The predicted molar refractivity (Wildman–Crippen MR) is 114 cm³/mol. The van der Waals surface area contributed by atoms with Gasteiger partial charge in [-0.15, -0.1) is 0 Å². The maximum atomic E-state index is 12.9. The molecule has 0 radical (unpaired) electrons. The third-order valence-electron chi connectivity index (χ3n) is 4.69. The molecule has 3 aromatic rings. The molecule has 3 amide bonds. The molecule has 1 aromatic heterocycles. The number of anilines is 3. The van der Waals surface area contributed by atoms with Gasteiger partial charge >= 0.3 is 6.03 Å². The third-order valence-corrected chi connectivity index (χ3v) is 4.69. The number of halogens is 1. The van der Waals surface area contributed by atoms with Crippen molar-refractivity contribution in [2.45, 2.75) is 20.0 Å². The number of urea groups is 1. The van der Waals surface area contributed by atoms with Crippen LogP contribution >= 0.6 is 0 Å². The molecule has 0 spiro atoms. The lowest BCUT2D eigenvalue weighted by molar-refractivity contribution is -0.114. The molecule has 8 nitrogen and oxygen atoms in total. The van der Waals surface area contributed by atoms with E-state index in [4.69, 9.17) is 4.74 Å². The Balaban J connectivity index is 1.46. The Morgan fingerprint density at radius 3 is 2.81 bits per heavy atom. The summed E-state index contributed by atoms with van der Waals surface area (Å²) in [7, 11) is 0. The summed E-state index contributed by atoms with van der Waals surface area (Å²) in [5.74, 6) is 0.957. The molecule has 0 bridgehead atoms. The van der Waals surface area contributed by atoms with Crippen molar-refractivity contribution in [3.8, 4) is 11.6 Å². The second-order valence-electron chi connectivity index (χ2n) is 6.98. The molecule has 2 N–H and O–H groups in total. The van der Waals surface area contributed by atoms with E-state index in [9.17, 15) is 14.0 Å². The maximum Gasteiger partial charge on any atom is 0.326 e. The van der Waals surface area contributed by atoms with Gasteiger partial charge in [0.1, 0.15) is 24.6 Å². The zero-order chi connectivity index (χ0) is 21.8. The first kappa shape index (κ1) is 20.3. The lowest BCUT2D eigenvalue weighted by Gasteiger charge is -2.18. The molecule has 2 heterocycles. The van der Waals surface area contributed by atoms with Gasteiger partial charge in [0.25, 0.3) is 0 Å². The summed E-state index contributed by atoms with van der Waals surface area (Å²) >= 11 is 0. The Hall–Kier alpha value is -4.01. The van der Waals surface area contributed by atoms with Crippen LogP contribution in [0.2, 0.25) is 0 Å². The number of amides is 3. The second-order valence-corrected chi connectivity index (χ2v) is 6.98. The second kappa shape index (κ2) is 8.78. The zero-order valence-corrected chi connectivity index (χ0v) is 16.8. The van der Waals surface area contributed by atoms with E-state index in [1.165, 1.54) is 19.3 Å². The fourth-order valence-electron chi connectivity index (χ4n) is 3.34.